The summed E-state index contributed by atoms with van der Waals surface area (Å²) in [6.45, 7) is 2.43. The number of H-pyrrole nitrogens is 1. The fourth-order valence-corrected chi connectivity index (χ4v) is 2.27. The van der Waals surface area contributed by atoms with Crippen LogP contribution >= 0.6 is 15.9 Å². The Morgan fingerprint density at radius 3 is 2.94 bits per heavy atom. The number of fused-ring (bicyclic) bond motifs is 1. The summed E-state index contributed by atoms with van der Waals surface area (Å²) >= 11 is 3.42. The number of carbonyl (C=O) groups is 1. The lowest BCUT2D eigenvalue weighted by Gasteiger charge is -2.08. The van der Waals surface area contributed by atoms with Crippen LogP contribution in [0.4, 0.5) is 0 Å². The van der Waals surface area contributed by atoms with Gasteiger partial charge in [0.2, 0.25) is 0 Å². The van der Waals surface area contributed by atoms with Crippen LogP contribution in [0.3, 0.4) is 0 Å². The minimum Gasteiger partial charge on any atom is -0.492 e. The summed E-state index contributed by atoms with van der Waals surface area (Å²) in [6, 6.07) is 3.78. The molecule has 2 aromatic rings. The summed E-state index contributed by atoms with van der Waals surface area (Å²) in [7, 11) is 0. The fraction of sp³-hybridized carbons (Fsp3) is 0.250. The van der Waals surface area contributed by atoms with E-state index >= 15 is 0 Å². The van der Waals surface area contributed by atoms with Crippen molar-refractivity contribution in [3.63, 3.8) is 0 Å². The molecular formula is C12H12BrNO3. The van der Waals surface area contributed by atoms with Gasteiger partial charge in [-0.05, 0) is 40.5 Å². The summed E-state index contributed by atoms with van der Waals surface area (Å²) < 4.78 is 6.40. The largest absolute Gasteiger partial charge is 0.492 e. The molecule has 0 spiro atoms. The second-order valence-corrected chi connectivity index (χ2v) is 4.47. The van der Waals surface area contributed by atoms with Gasteiger partial charge in [-0.15, -0.1) is 0 Å². The van der Waals surface area contributed by atoms with Gasteiger partial charge in [0.05, 0.1) is 17.5 Å². The highest BCUT2D eigenvalue weighted by molar-refractivity contribution is 9.10. The van der Waals surface area contributed by atoms with Crippen LogP contribution in [-0.2, 0) is 11.2 Å². The lowest BCUT2D eigenvalue weighted by molar-refractivity contribution is -0.136. The molecule has 0 saturated heterocycles. The summed E-state index contributed by atoms with van der Waals surface area (Å²) in [5, 5.41) is 9.71. The zero-order chi connectivity index (χ0) is 12.4. The molecule has 0 bridgehead atoms. The van der Waals surface area contributed by atoms with Gasteiger partial charge >= 0.3 is 5.97 Å². The Bertz CT molecular complexity index is 562. The molecule has 0 radical (unpaired) electrons. The molecule has 1 heterocycles. The molecule has 0 amide bonds. The minimum absolute atomic E-state index is 0.0173. The molecule has 17 heavy (non-hydrogen) atoms. The van der Waals surface area contributed by atoms with E-state index < -0.39 is 5.97 Å². The smallest absolute Gasteiger partial charge is 0.307 e. The first kappa shape index (κ1) is 12.0. The third-order valence-corrected chi connectivity index (χ3v) is 3.09. The normalized spacial score (nSPS) is 10.7. The zero-order valence-corrected chi connectivity index (χ0v) is 10.9. The molecule has 0 fully saturated rings. The highest BCUT2D eigenvalue weighted by Gasteiger charge is 2.14. The fourth-order valence-electron chi connectivity index (χ4n) is 1.82. The van der Waals surface area contributed by atoms with E-state index in [0.717, 1.165) is 20.9 Å². The molecule has 2 N–H and O–H groups in total. The van der Waals surface area contributed by atoms with E-state index in [1.54, 1.807) is 6.20 Å². The van der Waals surface area contributed by atoms with Gasteiger partial charge in [-0.1, -0.05) is 0 Å². The van der Waals surface area contributed by atoms with Crippen LogP contribution in [-0.4, -0.2) is 22.7 Å². The van der Waals surface area contributed by atoms with Gasteiger partial charge in [-0.3, -0.25) is 4.79 Å². The van der Waals surface area contributed by atoms with Crippen molar-refractivity contribution >= 4 is 32.8 Å². The van der Waals surface area contributed by atoms with E-state index in [-0.39, 0.29) is 6.42 Å². The summed E-state index contributed by atoms with van der Waals surface area (Å²) in [6.07, 6.45) is 1.70. The summed E-state index contributed by atoms with van der Waals surface area (Å²) in [5.74, 6) is -0.157. The molecule has 1 aromatic heterocycles. The zero-order valence-electron chi connectivity index (χ0n) is 9.29. The Kier molecular flexibility index (Phi) is 3.38. The van der Waals surface area contributed by atoms with E-state index in [1.807, 2.05) is 19.1 Å². The Hall–Kier alpha value is -1.49. The number of aliphatic carboxylic acids is 1. The third kappa shape index (κ3) is 2.29. The number of halogens is 1. The van der Waals surface area contributed by atoms with Crippen LogP contribution in [0.25, 0.3) is 10.9 Å². The van der Waals surface area contributed by atoms with Crippen LogP contribution in [0.2, 0.25) is 0 Å². The predicted octanol–water partition coefficient (Wildman–Crippen LogP) is 2.96. The number of carboxylic acid groups (broad SMARTS) is 1. The average Bonchev–Trinajstić information content (AvgIpc) is 2.65. The van der Waals surface area contributed by atoms with Crippen LogP contribution in [0.1, 0.15) is 12.5 Å². The van der Waals surface area contributed by atoms with Crippen LogP contribution in [0.5, 0.6) is 5.75 Å². The van der Waals surface area contributed by atoms with Crippen molar-refractivity contribution in [1.82, 2.24) is 4.98 Å². The number of aromatic amines is 1. The highest BCUT2D eigenvalue weighted by Crippen LogP contribution is 2.36. The maximum atomic E-state index is 10.8. The highest BCUT2D eigenvalue weighted by atomic mass is 79.9. The van der Waals surface area contributed by atoms with Crippen molar-refractivity contribution in [2.45, 2.75) is 13.3 Å². The van der Waals surface area contributed by atoms with E-state index in [1.165, 1.54) is 0 Å². The molecule has 0 aliphatic rings. The van der Waals surface area contributed by atoms with Crippen molar-refractivity contribution in [1.29, 1.82) is 0 Å². The van der Waals surface area contributed by atoms with Gasteiger partial charge in [0, 0.05) is 17.1 Å². The molecule has 5 heteroatoms. The number of nitrogens with one attached hydrogen (secondary N) is 1. The number of hydrogen-bond acceptors (Lipinski definition) is 2. The van der Waals surface area contributed by atoms with E-state index in [9.17, 15) is 4.79 Å². The van der Waals surface area contributed by atoms with Crippen LogP contribution in [0, 0.1) is 0 Å². The third-order valence-electron chi connectivity index (χ3n) is 2.46. The van der Waals surface area contributed by atoms with Crippen LogP contribution < -0.4 is 4.74 Å². The molecule has 2 rings (SSSR count). The van der Waals surface area contributed by atoms with E-state index in [0.29, 0.717) is 12.4 Å². The van der Waals surface area contributed by atoms with Crippen molar-refractivity contribution in [2.75, 3.05) is 6.61 Å². The second-order valence-electron chi connectivity index (χ2n) is 3.62. The van der Waals surface area contributed by atoms with E-state index in [2.05, 4.69) is 20.9 Å². The lowest BCUT2D eigenvalue weighted by Crippen LogP contribution is -2.00. The molecule has 0 aliphatic heterocycles. The van der Waals surface area contributed by atoms with Gasteiger partial charge in [0.1, 0.15) is 5.75 Å². The Morgan fingerprint density at radius 2 is 2.29 bits per heavy atom. The topological polar surface area (TPSA) is 62.3 Å². The number of aromatic nitrogens is 1. The van der Waals surface area contributed by atoms with Crippen molar-refractivity contribution in [2.24, 2.45) is 0 Å². The predicted molar refractivity (Wildman–Crippen MR) is 68.5 cm³/mol. The van der Waals surface area contributed by atoms with E-state index in [4.69, 9.17) is 9.84 Å². The standard InChI is InChI=1S/C12H12BrNO3/c1-2-17-12-8(13)3-4-9-11(12)7(6-14-9)5-10(15)16/h3-4,6,14H,2,5H2,1H3,(H,15,16). The van der Waals surface area contributed by atoms with Crippen molar-refractivity contribution < 1.29 is 14.6 Å². The number of ether oxygens (including phenoxy) is 1. The molecule has 0 aliphatic carbocycles. The first-order valence-electron chi connectivity index (χ1n) is 5.26. The molecule has 0 unspecified atom stereocenters. The Labute approximate surface area is 107 Å². The first-order chi connectivity index (χ1) is 8.13. The number of rotatable bonds is 4. The van der Waals surface area contributed by atoms with Crippen molar-refractivity contribution in [3.05, 3.63) is 28.4 Å². The van der Waals surface area contributed by atoms with Gasteiger partial charge in [0.25, 0.3) is 0 Å². The van der Waals surface area contributed by atoms with Crippen LogP contribution in [0.15, 0.2) is 22.8 Å². The van der Waals surface area contributed by atoms with Gasteiger partial charge in [0.15, 0.2) is 0 Å². The quantitative estimate of drug-likeness (QED) is 0.912. The molecule has 0 saturated carbocycles. The Morgan fingerprint density at radius 1 is 1.53 bits per heavy atom. The van der Waals surface area contributed by atoms with Gasteiger partial charge < -0.3 is 14.8 Å². The number of hydrogen-bond donors (Lipinski definition) is 2. The Balaban J connectivity index is 2.62. The molecule has 90 valence electrons. The molecule has 4 nitrogen and oxygen atoms in total. The lowest BCUT2D eigenvalue weighted by atomic mass is 10.1. The maximum absolute atomic E-state index is 10.8. The molecule has 1 aromatic carbocycles. The van der Waals surface area contributed by atoms with Crippen molar-refractivity contribution in [3.8, 4) is 5.75 Å². The first-order valence-corrected chi connectivity index (χ1v) is 6.05. The average molecular weight is 298 g/mol. The number of carboxylic acids is 1. The van der Waals surface area contributed by atoms with Gasteiger partial charge in [-0.25, -0.2) is 0 Å². The molecule has 0 atom stereocenters. The number of benzene rings is 1. The minimum atomic E-state index is -0.853. The SMILES string of the molecule is CCOc1c(Br)ccc2[nH]cc(CC(=O)O)c12. The molecular weight excluding hydrogens is 286 g/mol. The summed E-state index contributed by atoms with van der Waals surface area (Å²) in [5.41, 5.74) is 1.62. The summed E-state index contributed by atoms with van der Waals surface area (Å²) in [4.78, 5) is 13.9. The maximum Gasteiger partial charge on any atom is 0.307 e. The van der Waals surface area contributed by atoms with Gasteiger partial charge in [-0.2, -0.15) is 0 Å². The monoisotopic (exact) mass is 297 g/mol. The second kappa shape index (κ2) is 4.79.